The standard InChI is InChI=1S/C49H29N3OS/c1-3-11-31(12-4-1)40-29-42-41-27-34(24-26-43(41)53-46(42)39-17-8-7-15-36(39)40)30-19-21-33(22-20-30)48-50-47(32-13-5-2-6-14-32)51-49(52-48)35-23-25-38-37-16-9-10-18-44(37)54-45(38)28-35/h1-29H. The SMILES string of the molecule is c1ccc(-c2nc(-c3ccc(-c4ccc5oc6c7ccccc7c(-c7ccccc7)cc6c5c4)cc3)nc(-c3ccc4c(c3)sc3ccccc34)n2)cc1. The van der Waals surface area contributed by atoms with Crippen molar-refractivity contribution in [2.45, 2.75) is 0 Å². The molecule has 0 fully saturated rings. The zero-order valence-corrected chi connectivity index (χ0v) is 29.7. The number of benzene rings is 8. The van der Waals surface area contributed by atoms with E-state index in [4.69, 9.17) is 19.4 Å². The van der Waals surface area contributed by atoms with Crippen molar-refractivity contribution in [2.75, 3.05) is 0 Å². The van der Waals surface area contributed by atoms with Crippen LogP contribution in [0.3, 0.4) is 0 Å². The molecular formula is C49H29N3OS. The maximum Gasteiger partial charge on any atom is 0.164 e. The molecule has 11 aromatic rings. The van der Waals surface area contributed by atoms with E-state index in [1.54, 1.807) is 11.3 Å². The van der Waals surface area contributed by atoms with Crippen LogP contribution in [0.4, 0.5) is 0 Å². The van der Waals surface area contributed by atoms with E-state index in [0.29, 0.717) is 17.5 Å². The van der Waals surface area contributed by atoms with E-state index in [1.807, 2.05) is 30.3 Å². The Morgan fingerprint density at radius 2 is 0.889 bits per heavy atom. The second kappa shape index (κ2) is 12.3. The summed E-state index contributed by atoms with van der Waals surface area (Å²) >= 11 is 1.80. The van der Waals surface area contributed by atoms with E-state index in [9.17, 15) is 0 Å². The molecule has 11 rings (SSSR count). The van der Waals surface area contributed by atoms with Crippen molar-refractivity contribution < 1.29 is 4.42 Å². The van der Waals surface area contributed by atoms with Crippen LogP contribution < -0.4 is 0 Å². The molecule has 0 bridgehead atoms. The molecule has 8 aromatic carbocycles. The number of thiophene rings is 1. The summed E-state index contributed by atoms with van der Waals surface area (Å²) in [5.41, 5.74) is 9.24. The highest BCUT2D eigenvalue weighted by Crippen LogP contribution is 2.41. The summed E-state index contributed by atoms with van der Waals surface area (Å²) in [6, 6.07) is 61.6. The summed E-state index contributed by atoms with van der Waals surface area (Å²) in [6.07, 6.45) is 0. The van der Waals surface area contributed by atoms with E-state index in [1.165, 1.54) is 36.7 Å². The van der Waals surface area contributed by atoms with Gasteiger partial charge in [0.05, 0.1) is 0 Å². The number of fused-ring (bicyclic) bond motifs is 8. The predicted octanol–water partition coefficient (Wildman–Crippen LogP) is 13.6. The van der Waals surface area contributed by atoms with Gasteiger partial charge in [-0.3, -0.25) is 0 Å². The largest absolute Gasteiger partial charge is 0.455 e. The van der Waals surface area contributed by atoms with Gasteiger partial charge in [0.25, 0.3) is 0 Å². The lowest BCUT2D eigenvalue weighted by Crippen LogP contribution is -2.00. The molecule has 3 aromatic heterocycles. The molecule has 4 nitrogen and oxygen atoms in total. The van der Waals surface area contributed by atoms with E-state index < -0.39 is 0 Å². The lowest BCUT2D eigenvalue weighted by molar-refractivity contribution is 0.673. The quantitative estimate of drug-likeness (QED) is 0.179. The van der Waals surface area contributed by atoms with Crippen molar-refractivity contribution in [3.63, 3.8) is 0 Å². The van der Waals surface area contributed by atoms with Crippen molar-refractivity contribution in [1.29, 1.82) is 0 Å². The van der Waals surface area contributed by atoms with E-state index in [-0.39, 0.29) is 0 Å². The van der Waals surface area contributed by atoms with Crippen LogP contribution in [0.15, 0.2) is 180 Å². The van der Waals surface area contributed by atoms with Gasteiger partial charge in [-0.15, -0.1) is 11.3 Å². The fourth-order valence-electron chi connectivity index (χ4n) is 7.66. The van der Waals surface area contributed by atoms with Gasteiger partial charge in [-0.2, -0.15) is 0 Å². The van der Waals surface area contributed by atoms with E-state index >= 15 is 0 Å². The molecule has 0 aliphatic rings. The van der Waals surface area contributed by atoms with Gasteiger partial charge in [0.15, 0.2) is 17.5 Å². The Labute approximate surface area is 314 Å². The van der Waals surface area contributed by atoms with Crippen LogP contribution in [0.5, 0.6) is 0 Å². The van der Waals surface area contributed by atoms with Crippen LogP contribution in [0.25, 0.3) is 109 Å². The van der Waals surface area contributed by atoms with E-state index in [0.717, 1.165) is 55.1 Å². The van der Waals surface area contributed by atoms with Crippen molar-refractivity contribution in [3.05, 3.63) is 176 Å². The van der Waals surface area contributed by atoms with Gasteiger partial charge in [-0.1, -0.05) is 146 Å². The Balaban J connectivity index is 1.00. The van der Waals surface area contributed by atoms with Gasteiger partial charge in [-0.25, -0.2) is 15.0 Å². The molecule has 54 heavy (non-hydrogen) atoms. The first-order valence-electron chi connectivity index (χ1n) is 18.0. The molecule has 5 heteroatoms. The topological polar surface area (TPSA) is 51.8 Å². The fraction of sp³-hybridized carbons (Fsp3) is 0. The van der Waals surface area contributed by atoms with Gasteiger partial charge in [0, 0.05) is 53.0 Å². The molecule has 0 radical (unpaired) electrons. The first kappa shape index (κ1) is 30.7. The molecule has 3 heterocycles. The number of aromatic nitrogens is 3. The number of hydrogen-bond acceptors (Lipinski definition) is 5. The number of furan rings is 1. The molecule has 0 atom stereocenters. The minimum atomic E-state index is 0.637. The summed E-state index contributed by atoms with van der Waals surface area (Å²) < 4.78 is 9.03. The molecule has 0 saturated carbocycles. The van der Waals surface area contributed by atoms with Gasteiger partial charge < -0.3 is 4.42 Å². The Bertz CT molecular complexity index is 3200. The van der Waals surface area contributed by atoms with Gasteiger partial charge >= 0.3 is 0 Å². The highest BCUT2D eigenvalue weighted by molar-refractivity contribution is 7.25. The van der Waals surface area contributed by atoms with Crippen LogP contribution in [0.1, 0.15) is 0 Å². The third kappa shape index (κ3) is 5.09. The summed E-state index contributed by atoms with van der Waals surface area (Å²) in [4.78, 5) is 15.0. The van der Waals surface area contributed by atoms with Crippen LogP contribution in [0.2, 0.25) is 0 Å². The van der Waals surface area contributed by atoms with Crippen LogP contribution in [0, 0.1) is 0 Å². The maximum absolute atomic E-state index is 6.54. The molecular weight excluding hydrogens is 679 g/mol. The number of rotatable bonds is 5. The number of nitrogens with zero attached hydrogens (tertiary/aromatic N) is 3. The molecule has 0 aliphatic carbocycles. The highest BCUT2D eigenvalue weighted by Gasteiger charge is 2.17. The fourth-order valence-corrected chi connectivity index (χ4v) is 8.81. The van der Waals surface area contributed by atoms with Gasteiger partial charge in [0.2, 0.25) is 0 Å². The smallest absolute Gasteiger partial charge is 0.164 e. The Kier molecular flexibility index (Phi) is 7.00. The van der Waals surface area contributed by atoms with Crippen molar-refractivity contribution >= 4 is 64.2 Å². The van der Waals surface area contributed by atoms with Gasteiger partial charge in [0.1, 0.15) is 11.2 Å². The maximum atomic E-state index is 6.54. The minimum Gasteiger partial charge on any atom is -0.455 e. The van der Waals surface area contributed by atoms with Gasteiger partial charge in [-0.05, 0) is 58.0 Å². The van der Waals surface area contributed by atoms with Crippen molar-refractivity contribution in [1.82, 2.24) is 15.0 Å². The van der Waals surface area contributed by atoms with E-state index in [2.05, 4.69) is 146 Å². The molecule has 0 unspecified atom stereocenters. The van der Waals surface area contributed by atoms with Crippen LogP contribution in [-0.4, -0.2) is 15.0 Å². The minimum absolute atomic E-state index is 0.637. The highest BCUT2D eigenvalue weighted by atomic mass is 32.1. The Morgan fingerprint density at radius 3 is 1.65 bits per heavy atom. The van der Waals surface area contributed by atoms with Crippen LogP contribution >= 0.6 is 11.3 Å². The van der Waals surface area contributed by atoms with Crippen molar-refractivity contribution in [2.24, 2.45) is 0 Å². The average molecular weight is 708 g/mol. The third-order valence-corrected chi connectivity index (χ3v) is 11.5. The molecule has 0 aliphatic heterocycles. The summed E-state index contributed by atoms with van der Waals surface area (Å²) in [5.74, 6) is 1.94. The molecule has 0 amide bonds. The molecule has 0 saturated heterocycles. The molecule has 0 spiro atoms. The summed E-state index contributed by atoms with van der Waals surface area (Å²) in [7, 11) is 0. The zero-order chi connectivity index (χ0) is 35.6. The zero-order valence-electron chi connectivity index (χ0n) is 28.9. The van der Waals surface area contributed by atoms with Crippen LogP contribution in [-0.2, 0) is 0 Å². The molecule has 252 valence electrons. The second-order valence-corrected chi connectivity index (χ2v) is 14.7. The lowest BCUT2D eigenvalue weighted by atomic mass is 9.95. The normalized spacial score (nSPS) is 11.7. The summed E-state index contributed by atoms with van der Waals surface area (Å²) in [6.45, 7) is 0. The Morgan fingerprint density at radius 1 is 0.333 bits per heavy atom. The Hall–Kier alpha value is -6.95. The first-order valence-corrected chi connectivity index (χ1v) is 18.8. The van der Waals surface area contributed by atoms with Crippen molar-refractivity contribution in [3.8, 4) is 56.4 Å². The molecule has 0 N–H and O–H groups in total. The average Bonchev–Trinajstić information content (AvgIpc) is 3.82. The lowest BCUT2D eigenvalue weighted by Gasteiger charge is -2.09. The monoisotopic (exact) mass is 707 g/mol. The number of hydrogen-bond donors (Lipinski definition) is 0. The summed E-state index contributed by atoms with van der Waals surface area (Å²) in [5, 5.41) is 7.03. The predicted molar refractivity (Wildman–Crippen MR) is 225 cm³/mol. The second-order valence-electron chi connectivity index (χ2n) is 13.6. The first-order chi connectivity index (χ1) is 26.7. The third-order valence-electron chi connectivity index (χ3n) is 10.3.